The van der Waals surface area contributed by atoms with Gasteiger partial charge in [0.2, 0.25) is 15.9 Å². The minimum atomic E-state index is -3.41. The molecule has 0 saturated carbocycles. The number of sulfonamides is 1. The van der Waals surface area contributed by atoms with E-state index in [0.29, 0.717) is 37.4 Å². The molecule has 1 heterocycles. The molecule has 4 rings (SSSR count). The molecule has 0 unspecified atom stereocenters. The second-order valence-corrected chi connectivity index (χ2v) is 9.96. The zero-order chi connectivity index (χ0) is 21.7. The second-order valence-electron chi connectivity index (χ2n) is 8.02. The summed E-state index contributed by atoms with van der Waals surface area (Å²) in [4.78, 5) is 12.7. The van der Waals surface area contributed by atoms with Crippen LogP contribution >= 0.6 is 0 Å². The Labute approximate surface area is 184 Å². The number of hydrogen-bond donors (Lipinski definition) is 1. The lowest BCUT2D eigenvalue weighted by molar-refractivity contribution is -0.121. The Bertz CT molecular complexity index is 1150. The molecule has 0 atom stereocenters. The Morgan fingerprint density at radius 3 is 2.35 bits per heavy atom. The lowest BCUT2D eigenvalue weighted by atomic mass is 10.0. The van der Waals surface area contributed by atoms with Crippen LogP contribution in [0.5, 0.6) is 0 Å². The third-order valence-corrected chi connectivity index (χ3v) is 7.79. The first-order chi connectivity index (χ1) is 15.0. The van der Waals surface area contributed by atoms with Crippen molar-refractivity contribution in [3.63, 3.8) is 0 Å². The predicted molar refractivity (Wildman–Crippen MR) is 123 cm³/mol. The van der Waals surface area contributed by atoms with Crippen molar-refractivity contribution in [1.82, 2.24) is 9.62 Å². The molecule has 1 amide bonds. The van der Waals surface area contributed by atoms with Crippen LogP contribution in [0.3, 0.4) is 0 Å². The number of rotatable bonds is 7. The first-order valence-corrected chi connectivity index (χ1v) is 12.3. The number of benzene rings is 3. The Morgan fingerprint density at radius 2 is 1.58 bits per heavy atom. The van der Waals surface area contributed by atoms with Crippen molar-refractivity contribution in [2.24, 2.45) is 0 Å². The quantitative estimate of drug-likeness (QED) is 0.602. The van der Waals surface area contributed by atoms with Gasteiger partial charge in [-0.1, -0.05) is 61.0 Å². The highest BCUT2D eigenvalue weighted by Gasteiger charge is 2.25. The number of piperidine rings is 1. The molecule has 0 aromatic heterocycles. The summed E-state index contributed by atoms with van der Waals surface area (Å²) in [5.41, 5.74) is 2.05. The van der Waals surface area contributed by atoms with E-state index in [9.17, 15) is 13.2 Å². The van der Waals surface area contributed by atoms with E-state index >= 15 is 0 Å². The fourth-order valence-electron chi connectivity index (χ4n) is 4.07. The van der Waals surface area contributed by atoms with Gasteiger partial charge in [-0.3, -0.25) is 4.79 Å². The van der Waals surface area contributed by atoms with Crippen molar-refractivity contribution in [1.29, 1.82) is 0 Å². The molecule has 31 heavy (non-hydrogen) atoms. The van der Waals surface area contributed by atoms with Gasteiger partial charge in [0.15, 0.2) is 0 Å². The van der Waals surface area contributed by atoms with Gasteiger partial charge in [0, 0.05) is 26.1 Å². The highest BCUT2D eigenvalue weighted by Crippen LogP contribution is 2.21. The lowest BCUT2D eigenvalue weighted by Gasteiger charge is -2.25. The largest absolute Gasteiger partial charge is 0.352 e. The van der Waals surface area contributed by atoms with Gasteiger partial charge in [-0.25, -0.2) is 8.42 Å². The molecule has 6 heteroatoms. The van der Waals surface area contributed by atoms with Crippen LogP contribution in [-0.2, 0) is 27.8 Å². The monoisotopic (exact) mass is 436 g/mol. The maximum absolute atomic E-state index is 12.7. The SMILES string of the molecule is O=C(CCc1ccc(S(=O)(=O)N2CCCCC2)cc1)NCc1cccc2ccccc12. The van der Waals surface area contributed by atoms with Crippen LogP contribution in [0.2, 0.25) is 0 Å². The molecular weight excluding hydrogens is 408 g/mol. The predicted octanol–water partition coefficient (Wildman–Crippen LogP) is 4.26. The fraction of sp³-hybridized carbons (Fsp3) is 0.320. The molecule has 1 N–H and O–H groups in total. The molecule has 162 valence electrons. The first-order valence-electron chi connectivity index (χ1n) is 10.9. The van der Waals surface area contributed by atoms with Crippen molar-refractivity contribution in [3.05, 3.63) is 77.9 Å². The Kier molecular flexibility index (Phi) is 6.68. The van der Waals surface area contributed by atoms with E-state index < -0.39 is 10.0 Å². The summed E-state index contributed by atoms with van der Waals surface area (Å²) in [6.07, 6.45) is 3.87. The van der Waals surface area contributed by atoms with Crippen LogP contribution < -0.4 is 5.32 Å². The Morgan fingerprint density at radius 1 is 0.871 bits per heavy atom. The van der Waals surface area contributed by atoms with Gasteiger partial charge in [0.25, 0.3) is 0 Å². The Hall–Kier alpha value is -2.70. The molecule has 5 nitrogen and oxygen atoms in total. The number of nitrogens with zero attached hydrogens (tertiary/aromatic N) is 1. The number of carbonyl (C=O) groups excluding carboxylic acids is 1. The highest BCUT2D eigenvalue weighted by molar-refractivity contribution is 7.89. The van der Waals surface area contributed by atoms with Crippen LogP contribution in [0, 0.1) is 0 Å². The third-order valence-electron chi connectivity index (χ3n) is 5.87. The van der Waals surface area contributed by atoms with Gasteiger partial charge in [-0.15, -0.1) is 0 Å². The maximum atomic E-state index is 12.7. The number of aryl methyl sites for hydroxylation is 1. The maximum Gasteiger partial charge on any atom is 0.243 e. The number of hydrogen-bond acceptors (Lipinski definition) is 3. The second kappa shape index (κ2) is 9.62. The molecule has 1 saturated heterocycles. The molecule has 3 aromatic rings. The summed E-state index contributed by atoms with van der Waals surface area (Å²) in [6, 6.07) is 21.2. The molecular formula is C25H28N2O3S. The number of carbonyl (C=O) groups is 1. The zero-order valence-electron chi connectivity index (χ0n) is 17.6. The number of nitrogens with one attached hydrogen (secondary N) is 1. The summed E-state index contributed by atoms with van der Waals surface area (Å²) in [7, 11) is -3.41. The molecule has 1 aliphatic heterocycles. The van der Waals surface area contributed by atoms with E-state index in [4.69, 9.17) is 0 Å². The molecule has 3 aromatic carbocycles. The summed E-state index contributed by atoms with van der Waals surface area (Å²) in [6.45, 7) is 1.69. The normalized spacial score (nSPS) is 15.1. The van der Waals surface area contributed by atoms with Crippen molar-refractivity contribution in [3.8, 4) is 0 Å². The van der Waals surface area contributed by atoms with E-state index in [1.165, 1.54) is 0 Å². The van der Waals surface area contributed by atoms with Crippen LogP contribution in [-0.4, -0.2) is 31.7 Å². The number of amides is 1. The lowest BCUT2D eigenvalue weighted by Crippen LogP contribution is -2.35. The summed E-state index contributed by atoms with van der Waals surface area (Å²) >= 11 is 0. The van der Waals surface area contributed by atoms with E-state index in [2.05, 4.69) is 23.5 Å². The van der Waals surface area contributed by atoms with Gasteiger partial charge < -0.3 is 5.32 Å². The summed E-state index contributed by atoms with van der Waals surface area (Å²) in [5.74, 6) is -0.0158. The van der Waals surface area contributed by atoms with Gasteiger partial charge in [-0.2, -0.15) is 4.31 Å². The van der Waals surface area contributed by atoms with Gasteiger partial charge in [-0.05, 0) is 53.3 Å². The fourth-order valence-corrected chi connectivity index (χ4v) is 5.59. The van der Waals surface area contributed by atoms with Gasteiger partial charge >= 0.3 is 0 Å². The van der Waals surface area contributed by atoms with E-state index in [1.807, 2.05) is 36.4 Å². The smallest absolute Gasteiger partial charge is 0.243 e. The summed E-state index contributed by atoms with van der Waals surface area (Å²) in [5, 5.41) is 5.31. The average molecular weight is 437 g/mol. The average Bonchev–Trinajstić information content (AvgIpc) is 2.82. The topological polar surface area (TPSA) is 66.5 Å². The van der Waals surface area contributed by atoms with Crippen molar-refractivity contribution in [2.75, 3.05) is 13.1 Å². The molecule has 0 radical (unpaired) electrons. The van der Waals surface area contributed by atoms with Crippen LogP contribution in [0.4, 0.5) is 0 Å². The van der Waals surface area contributed by atoms with Crippen molar-refractivity contribution >= 4 is 26.7 Å². The van der Waals surface area contributed by atoms with Crippen LogP contribution in [0.25, 0.3) is 10.8 Å². The molecule has 1 aliphatic rings. The molecule has 1 fully saturated rings. The molecule has 0 spiro atoms. The van der Waals surface area contributed by atoms with Crippen molar-refractivity contribution in [2.45, 2.75) is 43.5 Å². The highest BCUT2D eigenvalue weighted by atomic mass is 32.2. The first kappa shape index (κ1) is 21.5. The van der Waals surface area contributed by atoms with Crippen molar-refractivity contribution < 1.29 is 13.2 Å². The van der Waals surface area contributed by atoms with Gasteiger partial charge in [0.05, 0.1) is 4.90 Å². The molecule has 0 bridgehead atoms. The van der Waals surface area contributed by atoms with E-state index in [1.54, 1.807) is 16.4 Å². The minimum Gasteiger partial charge on any atom is -0.352 e. The Balaban J connectivity index is 1.31. The van der Waals surface area contributed by atoms with E-state index in [-0.39, 0.29) is 5.91 Å². The van der Waals surface area contributed by atoms with E-state index in [0.717, 1.165) is 41.2 Å². The van der Waals surface area contributed by atoms with Gasteiger partial charge in [0.1, 0.15) is 0 Å². The summed E-state index contributed by atoms with van der Waals surface area (Å²) < 4.78 is 27.1. The zero-order valence-corrected chi connectivity index (χ0v) is 18.4. The number of fused-ring (bicyclic) bond motifs is 1. The van der Waals surface area contributed by atoms with Crippen LogP contribution in [0.15, 0.2) is 71.6 Å². The minimum absolute atomic E-state index is 0.0158. The third kappa shape index (κ3) is 5.14. The molecule has 0 aliphatic carbocycles. The van der Waals surface area contributed by atoms with Crippen LogP contribution in [0.1, 0.15) is 36.8 Å². The standard InChI is InChI=1S/C25H28N2O3S/c28-25(26-19-22-9-6-8-21-7-2-3-10-24(21)22)16-13-20-11-14-23(15-12-20)31(29,30)27-17-4-1-5-18-27/h2-3,6-12,14-15H,1,4-5,13,16-19H2,(H,26,28).